The Morgan fingerprint density at radius 3 is 2.35 bits per heavy atom. The maximum atomic E-state index is 12.4. The van der Waals surface area contributed by atoms with E-state index < -0.39 is 0 Å². The summed E-state index contributed by atoms with van der Waals surface area (Å²) in [6.07, 6.45) is 0.920. The number of carbonyl (C=O) groups is 1. The van der Waals surface area contributed by atoms with E-state index in [0.717, 1.165) is 18.7 Å². The summed E-state index contributed by atoms with van der Waals surface area (Å²) in [5, 5.41) is 0. The minimum atomic E-state index is -0.0215. The van der Waals surface area contributed by atoms with Crippen molar-refractivity contribution < 1.29 is 19.0 Å². The molecule has 2 aromatic carbocycles. The van der Waals surface area contributed by atoms with Crippen molar-refractivity contribution in [3.05, 3.63) is 54.1 Å². The first-order valence-corrected chi connectivity index (χ1v) is 8.98. The van der Waals surface area contributed by atoms with Crippen molar-refractivity contribution in [3.8, 4) is 17.2 Å². The van der Waals surface area contributed by atoms with Gasteiger partial charge >= 0.3 is 0 Å². The molecular formula is C21H27NO4. The summed E-state index contributed by atoms with van der Waals surface area (Å²) in [6, 6.07) is 14.9. The van der Waals surface area contributed by atoms with Crippen molar-refractivity contribution >= 4 is 5.91 Å². The average Bonchev–Trinajstić information content (AvgIpc) is 2.66. The van der Waals surface area contributed by atoms with Gasteiger partial charge in [0.2, 0.25) is 0 Å². The van der Waals surface area contributed by atoms with Crippen molar-refractivity contribution in [2.75, 3.05) is 33.4 Å². The Hall–Kier alpha value is -2.69. The fraction of sp³-hybridized carbons (Fsp3) is 0.381. The van der Waals surface area contributed by atoms with Crippen molar-refractivity contribution in [1.29, 1.82) is 0 Å². The van der Waals surface area contributed by atoms with Gasteiger partial charge in [-0.1, -0.05) is 25.1 Å². The molecule has 0 spiro atoms. The highest BCUT2D eigenvalue weighted by Crippen LogP contribution is 2.29. The standard InChI is InChI=1S/C21H27NO4/c1-4-13-22(3)21(23)17-11-12-19(20(16-17)24-5-2)26-15-14-25-18-9-7-6-8-10-18/h6-12,16H,4-5,13-15H2,1-3H3. The van der Waals surface area contributed by atoms with Crippen molar-refractivity contribution in [3.63, 3.8) is 0 Å². The van der Waals surface area contributed by atoms with Crippen LogP contribution < -0.4 is 14.2 Å². The van der Waals surface area contributed by atoms with Crippen LogP contribution in [-0.4, -0.2) is 44.2 Å². The summed E-state index contributed by atoms with van der Waals surface area (Å²) < 4.78 is 17.0. The van der Waals surface area contributed by atoms with E-state index in [1.54, 1.807) is 30.1 Å². The Labute approximate surface area is 155 Å². The van der Waals surface area contributed by atoms with Gasteiger partial charge in [-0.3, -0.25) is 4.79 Å². The number of ether oxygens (including phenoxy) is 3. The van der Waals surface area contributed by atoms with Gasteiger partial charge in [0.1, 0.15) is 19.0 Å². The second-order valence-electron chi connectivity index (χ2n) is 5.83. The second-order valence-corrected chi connectivity index (χ2v) is 5.83. The molecule has 5 heteroatoms. The molecule has 0 saturated carbocycles. The van der Waals surface area contributed by atoms with Gasteiger partial charge in [-0.05, 0) is 43.7 Å². The summed E-state index contributed by atoms with van der Waals surface area (Å²) in [4.78, 5) is 14.1. The van der Waals surface area contributed by atoms with Gasteiger partial charge in [0, 0.05) is 19.2 Å². The van der Waals surface area contributed by atoms with E-state index in [1.165, 1.54) is 0 Å². The van der Waals surface area contributed by atoms with Crippen LogP contribution in [0.15, 0.2) is 48.5 Å². The lowest BCUT2D eigenvalue weighted by Crippen LogP contribution is -2.27. The van der Waals surface area contributed by atoms with E-state index in [2.05, 4.69) is 0 Å². The Balaban J connectivity index is 1.97. The first-order valence-electron chi connectivity index (χ1n) is 8.98. The molecule has 0 aliphatic rings. The molecule has 0 aromatic heterocycles. The number of benzene rings is 2. The number of carbonyl (C=O) groups excluding carboxylic acids is 1. The molecule has 0 saturated heterocycles. The van der Waals surface area contributed by atoms with Gasteiger partial charge in [-0.15, -0.1) is 0 Å². The summed E-state index contributed by atoms with van der Waals surface area (Å²) in [6.45, 7) is 5.98. The quantitative estimate of drug-likeness (QED) is 0.603. The molecule has 1 amide bonds. The number of nitrogens with zero attached hydrogens (tertiary/aromatic N) is 1. The molecule has 26 heavy (non-hydrogen) atoms. The van der Waals surface area contributed by atoms with Gasteiger partial charge in [0.05, 0.1) is 6.61 Å². The normalized spacial score (nSPS) is 10.3. The number of amides is 1. The van der Waals surface area contributed by atoms with Crippen LogP contribution in [-0.2, 0) is 0 Å². The van der Waals surface area contributed by atoms with Gasteiger partial charge in [0.25, 0.3) is 5.91 Å². The third-order valence-corrected chi connectivity index (χ3v) is 3.75. The highest BCUT2D eigenvalue weighted by Gasteiger charge is 2.14. The molecule has 0 radical (unpaired) electrons. The molecule has 140 valence electrons. The van der Waals surface area contributed by atoms with Crippen molar-refractivity contribution in [2.24, 2.45) is 0 Å². The van der Waals surface area contributed by atoms with Gasteiger partial charge < -0.3 is 19.1 Å². The lowest BCUT2D eigenvalue weighted by Gasteiger charge is -2.18. The lowest BCUT2D eigenvalue weighted by molar-refractivity contribution is 0.0794. The molecule has 0 fully saturated rings. The van der Waals surface area contributed by atoms with Crippen LogP contribution in [0.4, 0.5) is 0 Å². The zero-order valence-electron chi connectivity index (χ0n) is 15.7. The summed E-state index contributed by atoms with van der Waals surface area (Å²) >= 11 is 0. The van der Waals surface area contributed by atoms with Gasteiger partial charge in [-0.25, -0.2) is 0 Å². The maximum Gasteiger partial charge on any atom is 0.253 e. The molecule has 5 nitrogen and oxygen atoms in total. The Kier molecular flexibility index (Phi) is 7.80. The number of para-hydroxylation sites is 1. The van der Waals surface area contributed by atoms with Crippen molar-refractivity contribution in [1.82, 2.24) is 4.90 Å². The van der Waals surface area contributed by atoms with Crippen molar-refractivity contribution in [2.45, 2.75) is 20.3 Å². The molecule has 0 bridgehead atoms. The second kappa shape index (κ2) is 10.3. The SMILES string of the molecule is CCCN(C)C(=O)c1ccc(OCCOc2ccccc2)c(OCC)c1. The predicted molar refractivity (Wildman–Crippen MR) is 102 cm³/mol. The molecule has 2 rings (SSSR count). The average molecular weight is 357 g/mol. The molecule has 0 unspecified atom stereocenters. The zero-order chi connectivity index (χ0) is 18.8. The molecule has 0 aliphatic carbocycles. The molecule has 0 aliphatic heterocycles. The summed E-state index contributed by atoms with van der Waals surface area (Å²) in [7, 11) is 1.80. The molecular weight excluding hydrogens is 330 g/mol. The van der Waals surface area contributed by atoms with E-state index in [1.807, 2.05) is 44.2 Å². The van der Waals surface area contributed by atoms with E-state index in [-0.39, 0.29) is 5.91 Å². The smallest absolute Gasteiger partial charge is 0.253 e. The fourth-order valence-corrected chi connectivity index (χ4v) is 2.51. The topological polar surface area (TPSA) is 48.0 Å². The van der Waals surface area contributed by atoms with Gasteiger partial charge in [-0.2, -0.15) is 0 Å². The lowest BCUT2D eigenvalue weighted by atomic mass is 10.1. The Bertz CT molecular complexity index is 688. The minimum absolute atomic E-state index is 0.0215. The highest BCUT2D eigenvalue weighted by molar-refractivity contribution is 5.94. The largest absolute Gasteiger partial charge is 0.490 e. The van der Waals surface area contributed by atoms with E-state index >= 15 is 0 Å². The van der Waals surface area contributed by atoms with Crippen LogP contribution in [0.3, 0.4) is 0 Å². The molecule has 0 atom stereocenters. The number of hydrogen-bond acceptors (Lipinski definition) is 4. The Morgan fingerprint density at radius 2 is 1.65 bits per heavy atom. The Morgan fingerprint density at radius 1 is 0.923 bits per heavy atom. The summed E-state index contributed by atoms with van der Waals surface area (Å²) in [5.41, 5.74) is 0.595. The number of rotatable bonds is 10. The fourth-order valence-electron chi connectivity index (χ4n) is 2.51. The van der Waals surface area contributed by atoms with Crippen LogP contribution >= 0.6 is 0 Å². The zero-order valence-corrected chi connectivity index (χ0v) is 15.7. The molecule has 2 aromatic rings. The van der Waals surface area contributed by atoms with E-state index in [9.17, 15) is 4.79 Å². The van der Waals surface area contributed by atoms with Gasteiger partial charge in [0.15, 0.2) is 11.5 Å². The van der Waals surface area contributed by atoms with Crippen LogP contribution in [0.1, 0.15) is 30.6 Å². The van der Waals surface area contributed by atoms with Crippen LogP contribution in [0.2, 0.25) is 0 Å². The first kappa shape index (κ1) is 19.6. The highest BCUT2D eigenvalue weighted by atomic mass is 16.5. The monoisotopic (exact) mass is 357 g/mol. The maximum absolute atomic E-state index is 12.4. The number of hydrogen-bond donors (Lipinski definition) is 0. The minimum Gasteiger partial charge on any atom is -0.490 e. The van der Waals surface area contributed by atoms with Crippen LogP contribution in [0, 0.1) is 0 Å². The molecule has 0 N–H and O–H groups in total. The first-order chi connectivity index (χ1) is 12.7. The summed E-state index contributed by atoms with van der Waals surface area (Å²) in [5.74, 6) is 1.97. The molecule has 0 heterocycles. The van der Waals surface area contributed by atoms with Crippen LogP contribution in [0.5, 0.6) is 17.2 Å². The predicted octanol–water partition coefficient (Wildman–Crippen LogP) is 4.03. The van der Waals surface area contributed by atoms with E-state index in [0.29, 0.717) is 36.9 Å². The van der Waals surface area contributed by atoms with Crippen LogP contribution in [0.25, 0.3) is 0 Å². The third kappa shape index (κ3) is 5.69. The van der Waals surface area contributed by atoms with E-state index in [4.69, 9.17) is 14.2 Å². The third-order valence-electron chi connectivity index (χ3n) is 3.75.